The number of hydrogen-bond donors (Lipinski definition) is 1. The lowest BCUT2D eigenvalue weighted by Crippen LogP contribution is -2.59. The Morgan fingerprint density at radius 1 is 1.33 bits per heavy atom. The molecule has 1 aliphatic carbocycles. The Balaban J connectivity index is 2.44. The number of nitrogens with zero attached hydrogens (tertiary/aromatic N) is 1. The van der Waals surface area contributed by atoms with Gasteiger partial charge in [0.1, 0.15) is 5.54 Å². The Morgan fingerprint density at radius 2 is 1.95 bits per heavy atom. The summed E-state index contributed by atoms with van der Waals surface area (Å²) in [4.78, 5) is 38.4. The van der Waals surface area contributed by atoms with Crippen molar-refractivity contribution in [1.82, 2.24) is 4.90 Å². The molecule has 2 unspecified atom stereocenters. The maximum atomic E-state index is 12.9. The lowest BCUT2D eigenvalue weighted by molar-refractivity contribution is -0.168. The molecule has 5 heteroatoms. The molecule has 1 saturated carbocycles. The van der Waals surface area contributed by atoms with E-state index in [0.717, 1.165) is 17.7 Å². The summed E-state index contributed by atoms with van der Waals surface area (Å²) in [6.07, 6.45) is 3.78. The second kappa shape index (κ2) is 5.43. The highest BCUT2D eigenvalue weighted by atomic mass is 16.4. The molecular formula is C16H25NO4. The highest BCUT2D eigenvalue weighted by molar-refractivity contribution is 6.09. The zero-order valence-electron chi connectivity index (χ0n) is 13.1. The van der Waals surface area contributed by atoms with E-state index in [1.165, 1.54) is 0 Å². The van der Waals surface area contributed by atoms with Crippen LogP contribution in [-0.2, 0) is 14.4 Å². The van der Waals surface area contributed by atoms with Crippen LogP contribution in [0.25, 0.3) is 0 Å². The molecule has 2 atom stereocenters. The van der Waals surface area contributed by atoms with Crippen LogP contribution in [-0.4, -0.2) is 33.3 Å². The maximum absolute atomic E-state index is 12.9. The fraction of sp³-hybridized carbons (Fsp3) is 0.812. The van der Waals surface area contributed by atoms with Crippen LogP contribution in [0.1, 0.15) is 65.7 Å². The van der Waals surface area contributed by atoms with Gasteiger partial charge in [-0.1, -0.05) is 33.6 Å². The molecule has 0 aromatic rings. The molecule has 2 amide bonds. The molecule has 2 rings (SSSR count). The third-order valence-electron chi connectivity index (χ3n) is 5.55. The molecule has 1 saturated heterocycles. The summed E-state index contributed by atoms with van der Waals surface area (Å²) in [5, 5.41) is 9.77. The van der Waals surface area contributed by atoms with Crippen LogP contribution in [0.2, 0.25) is 0 Å². The predicted octanol–water partition coefficient (Wildman–Crippen LogP) is 2.59. The minimum atomic E-state index is -1.32. The van der Waals surface area contributed by atoms with Crippen LogP contribution < -0.4 is 0 Å². The monoisotopic (exact) mass is 295 g/mol. The van der Waals surface area contributed by atoms with E-state index in [9.17, 15) is 19.5 Å². The molecule has 2 fully saturated rings. The summed E-state index contributed by atoms with van der Waals surface area (Å²) < 4.78 is 0. The van der Waals surface area contributed by atoms with E-state index in [1.54, 1.807) is 0 Å². The molecule has 0 aromatic carbocycles. The SMILES string of the molecule is CCC1(CC)CC(=O)N(C2(C(=O)O)CCCC(C)C2)C1=O. The second-order valence-electron chi connectivity index (χ2n) is 6.74. The van der Waals surface area contributed by atoms with Gasteiger partial charge in [-0.2, -0.15) is 0 Å². The van der Waals surface area contributed by atoms with Crippen LogP contribution in [0.15, 0.2) is 0 Å². The van der Waals surface area contributed by atoms with Gasteiger partial charge in [-0.3, -0.25) is 14.5 Å². The van der Waals surface area contributed by atoms with Gasteiger partial charge in [0.15, 0.2) is 0 Å². The highest BCUT2D eigenvalue weighted by Crippen LogP contribution is 2.46. The molecule has 1 aliphatic heterocycles. The van der Waals surface area contributed by atoms with Crippen molar-refractivity contribution in [3.8, 4) is 0 Å². The molecule has 0 radical (unpaired) electrons. The van der Waals surface area contributed by atoms with Crippen LogP contribution in [0.5, 0.6) is 0 Å². The van der Waals surface area contributed by atoms with Gasteiger partial charge < -0.3 is 5.11 Å². The van der Waals surface area contributed by atoms with Gasteiger partial charge in [-0.15, -0.1) is 0 Å². The second-order valence-corrected chi connectivity index (χ2v) is 6.74. The minimum absolute atomic E-state index is 0.155. The van der Waals surface area contributed by atoms with Crippen molar-refractivity contribution in [2.24, 2.45) is 11.3 Å². The van der Waals surface area contributed by atoms with Crippen molar-refractivity contribution in [2.75, 3.05) is 0 Å². The van der Waals surface area contributed by atoms with Crippen molar-refractivity contribution in [3.05, 3.63) is 0 Å². The van der Waals surface area contributed by atoms with Crippen molar-refractivity contribution in [1.29, 1.82) is 0 Å². The molecule has 118 valence electrons. The van der Waals surface area contributed by atoms with Crippen LogP contribution in [0, 0.1) is 11.3 Å². The van der Waals surface area contributed by atoms with E-state index >= 15 is 0 Å². The van der Waals surface area contributed by atoms with Gasteiger partial charge in [-0.25, -0.2) is 4.79 Å². The Hall–Kier alpha value is -1.39. The largest absolute Gasteiger partial charge is 0.479 e. The Morgan fingerprint density at radius 3 is 2.38 bits per heavy atom. The van der Waals surface area contributed by atoms with Crippen LogP contribution >= 0.6 is 0 Å². The van der Waals surface area contributed by atoms with Gasteiger partial charge >= 0.3 is 5.97 Å². The number of amides is 2. The summed E-state index contributed by atoms with van der Waals surface area (Å²) in [6.45, 7) is 5.79. The maximum Gasteiger partial charge on any atom is 0.330 e. The third-order valence-corrected chi connectivity index (χ3v) is 5.55. The summed E-state index contributed by atoms with van der Waals surface area (Å²) in [5.41, 5.74) is -2.02. The van der Waals surface area contributed by atoms with Crippen LogP contribution in [0.3, 0.4) is 0 Å². The van der Waals surface area contributed by atoms with Crippen molar-refractivity contribution in [2.45, 2.75) is 71.3 Å². The standard InChI is InChI=1S/C16H25NO4/c1-4-15(5-2)10-12(18)17(13(15)19)16(14(20)21)8-6-7-11(3)9-16/h11H,4-10H2,1-3H3,(H,20,21). The molecule has 0 bridgehead atoms. The third kappa shape index (κ3) is 2.27. The Labute approximate surface area is 125 Å². The molecule has 1 heterocycles. The average molecular weight is 295 g/mol. The normalized spacial score (nSPS) is 32.5. The number of aliphatic carboxylic acids is 1. The molecule has 0 aromatic heterocycles. The summed E-state index contributed by atoms with van der Waals surface area (Å²) in [5.74, 6) is -1.39. The lowest BCUT2D eigenvalue weighted by atomic mass is 9.74. The first-order valence-corrected chi connectivity index (χ1v) is 7.94. The topological polar surface area (TPSA) is 74.7 Å². The first-order valence-electron chi connectivity index (χ1n) is 7.94. The number of carboxylic acids is 1. The molecule has 0 spiro atoms. The number of hydrogen-bond acceptors (Lipinski definition) is 3. The number of carbonyl (C=O) groups excluding carboxylic acids is 2. The van der Waals surface area contributed by atoms with Crippen molar-refractivity contribution >= 4 is 17.8 Å². The number of likely N-dealkylation sites (tertiary alicyclic amines) is 1. The first-order chi connectivity index (χ1) is 9.83. The van der Waals surface area contributed by atoms with Gasteiger partial charge in [0.05, 0.1) is 5.41 Å². The predicted molar refractivity (Wildman–Crippen MR) is 77.5 cm³/mol. The summed E-state index contributed by atoms with van der Waals surface area (Å²) >= 11 is 0. The zero-order chi connectivity index (χ0) is 15.8. The van der Waals surface area contributed by atoms with Crippen LogP contribution in [0.4, 0.5) is 0 Å². The zero-order valence-corrected chi connectivity index (χ0v) is 13.1. The number of carboxylic acid groups (broad SMARTS) is 1. The van der Waals surface area contributed by atoms with E-state index in [-0.39, 0.29) is 24.2 Å². The van der Waals surface area contributed by atoms with E-state index in [1.807, 2.05) is 20.8 Å². The average Bonchev–Trinajstić information content (AvgIpc) is 2.70. The van der Waals surface area contributed by atoms with E-state index in [0.29, 0.717) is 25.7 Å². The van der Waals surface area contributed by atoms with Gasteiger partial charge in [0.25, 0.3) is 0 Å². The minimum Gasteiger partial charge on any atom is -0.479 e. The van der Waals surface area contributed by atoms with Gasteiger partial charge in [0.2, 0.25) is 11.8 Å². The Bertz CT molecular complexity index is 469. The molecule has 1 N–H and O–H groups in total. The summed E-state index contributed by atoms with van der Waals surface area (Å²) in [6, 6.07) is 0. The fourth-order valence-corrected chi connectivity index (χ4v) is 4.05. The van der Waals surface area contributed by atoms with E-state index < -0.39 is 16.9 Å². The lowest BCUT2D eigenvalue weighted by Gasteiger charge is -2.42. The van der Waals surface area contributed by atoms with Gasteiger partial charge in [0, 0.05) is 6.42 Å². The molecule has 5 nitrogen and oxygen atoms in total. The Kier molecular flexibility index (Phi) is 4.13. The highest BCUT2D eigenvalue weighted by Gasteiger charge is 2.59. The van der Waals surface area contributed by atoms with Gasteiger partial charge in [-0.05, 0) is 31.6 Å². The van der Waals surface area contributed by atoms with E-state index in [4.69, 9.17) is 0 Å². The van der Waals surface area contributed by atoms with Crippen molar-refractivity contribution < 1.29 is 19.5 Å². The quantitative estimate of drug-likeness (QED) is 0.809. The number of carbonyl (C=O) groups is 3. The van der Waals surface area contributed by atoms with E-state index in [2.05, 4.69) is 0 Å². The molecular weight excluding hydrogens is 270 g/mol. The summed E-state index contributed by atoms with van der Waals surface area (Å²) in [7, 11) is 0. The number of rotatable bonds is 4. The molecule has 2 aliphatic rings. The smallest absolute Gasteiger partial charge is 0.330 e. The molecule has 21 heavy (non-hydrogen) atoms. The number of imide groups is 1. The van der Waals surface area contributed by atoms with Crippen molar-refractivity contribution in [3.63, 3.8) is 0 Å². The first kappa shape index (κ1) is 16.0. The fourth-order valence-electron chi connectivity index (χ4n) is 4.05.